The number of amides is 1. The zero-order chi connectivity index (χ0) is 14.1. The molecule has 0 N–H and O–H groups in total. The summed E-state index contributed by atoms with van der Waals surface area (Å²) in [6, 6.07) is 11.1. The quantitative estimate of drug-likeness (QED) is 0.579. The molecule has 2 heterocycles. The molecule has 6 heteroatoms. The standard InChI is InChI=1S/C14H8ClNOS3/c15-10-5-1-2-6-11(10)16-13(17)12(20-14(16)18)8-9-4-3-7-19-9/h1-8H. The highest BCUT2D eigenvalue weighted by Crippen LogP contribution is 2.38. The van der Waals surface area contributed by atoms with Crippen molar-refractivity contribution < 1.29 is 4.79 Å². The fourth-order valence-electron chi connectivity index (χ4n) is 1.81. The second-order valence-electron chi connectivity index (χ2n) is 3.98. The number of anilines is 1. The zero-order valence-electron chi connectivity index (χ0n) is 10.1. The van der Waals surface area contributed by atoms with Crippen molar-refractivity contribution in [2.75, 3.05) is 4.90 Å². The van der Waals surface area contributed by atoms with Crippen LogP contribution in [0.3, 0.4) is 0 Å². The van der Waals surface area contributed by atoms with Gasteiger partial charge in [-0.3, -0.25) is 9.69 Å². The summed E-state index contributed by atoms with van der Waals surface area (Å²) in [4.78, 5) is 15.6. The van der Waals surface area contributed by atoms with Crippen LogP contribution in [0.25, 0.3) is 6.08 Å². The number of halogens is 1. The summed E-state index contributed by atoms with van der Waals surface area (Å²) in [6.07, 6.45) is 1.86. The van der Waals surface area contributed by atoms with E-state index in [1.165, 1.54) is 16.7 Å². The second-order valence-corrected chi connectivity index (χ2v) is 7.05. The number of nitrogens with zero attached hydrogens (tertiary/aromatic N) is 1. The molecule has 1 aromatic heterocycles. The maximum absolute atomic E-state index is 12.5. The van der Waals surface area contributed by atoms with Gasteiger partial charge in [0.15, 0.2) is 4.32 Å². The first-order valence-electron chi connectivity index (χ1n) is 5.73. The second kappa shape index (κ2) is 5.69. The van der Waals surface area contributed by atoms with Gasteiger partial charge < -0.3 is 0 Å². The van der Waals surface area contributed by atoms with Crippen LogP contribution in [0.2, 0.25) is 5.02 Å². The van der Waals surface area contributed by atoms with E-state index in [-0.39, 0.29) is 5.91 Å². The fourth-order valence-corrected chi connectivity index (χ4v) is 4.04. The molecule has 0 radical (unpaired) electrons. The molecule has 2 aromatic rings. The molecule has 3 rings (SSSR count). The predicted octanol–water partition coefficient (Wildman–Crippen LogP) is 4.81. The van der Waals surface area contributed by atoms with Crippen molar-refractivity contribution in [3.8, 4) is 0 Å². The minimum atomic E-state index is -0.124. The molecular formula is C14H8ClNOS3. The van der Waals surface area contributed by atoms with E-state index in [9.17, 15) is 4.79 Å². The molecule has 1 amide bonds. The highest BCUT2D eigenvalue weighted by molar-refractivity contribution is 8.27. The van der Waals surface area contributed by atoms with Gasteiger partial charge in [0.1, 0.15) is 0 Å². The molecular weight excluding hydrogens is 330 g/mol. The number of thiophene rings is 1. The average molecular weight is 338 g/mol. The van der Waals surface area contributed by atoms with Gasteiger partial charge in [-0.05, 0) is 29.7 Å². The van der Waals surface area contributed by atoms with Crippen LogP contribution >= 0.6 is 46.9 Å². The van der Waals surface area contributed by atoms with Crippen molar-refractivity contribution in [1.82, 2.24) is 0 Å². The topological polar surface area (TPSA) is 20.3 Å². The first-order chi connectivity index (χ1) is 9.66. The molecule has 20 heavy (non-hydrogen) atoms. The Balaban J connectivity index is 1.98. The smallest absolute Gasteiger partial charge is 0.268 e. The van der Waals surface area contributed by atoms with E-state index >= 15 is 0 Å². The van der Waals surface area contributed by atoms with E-state index in [1.54, 1.807) is 23.5 Å². The van der Waals surface area contributed by atoms with E-state index < -0.39 is 0 Å². The number of carbonyl (C=O) groups is 1. The van der Waals surface area contributed by atoms with Gasteiger partial charge in [-0.1, -0.05) is 53.8 Å². The normalized spacial score (nSPS) is 17.2. The minimum absolute atomic E-state index is 0.124. The number of thiocarbonyl (C=S) groups is 1. The highest BCUT2D eigenvalue weighted by Gasteiger charge is 2.34. The van der Waals surface area contributed by atoms with Crippen LogP contribution in [0.5, 0.6) is 0 Å². The molecule has 0 atom stereocenters. The molecule has 1 aliphatic rings. The van der Waals surface area contributed by atoms with E-state index in [0.29, 0.717) is 19.9 Å². The Labute approximate surface area is 135 Å². The van der Waals surface area contributed by atoms with Gasteiger partial charge >= 0.3 is 0 Å². The maximum atomic E-state index is 12.5. The number of hydrogen-bond acceptors (Lipinski definition) is 4. The Bertz CT molecular complexity index is 709. The van der Waals surface area contributed by atoms with Crippen molar-refractivity contribution in [3.63, 3.8) is 0 Å². The molecule has 0 spiro atoms. The first kappa shape index (κ1) is 13.8. The van der Waals surface area contributed by atoms with Gasteiger partial charge in [-0.25, -0.2) is 0 Å². The van der Waals surface area contributed by atoms with Gasteiger partial charge in [0.25, 0.3) is 5.91 Å². The summed E-state index contributed by atoms with van der Waals surface area (Å²) in [6.45, 7) is 0. The minimum Gasteiger partial charge on any atom is -0.268 e. The SMILES string of the molecule is O=C1C(=Cc2cccs2)SC(=S)N1c1ccccc1Cl. The Hall–Kier alpha value is -1.14. The lowest BCUT2D eigenvalue weighted by Crippen LogP contribution is -2.27. The highest BCUT2D eigenvalue weighted by atomic mass is 35.5. The van der Waals surface area contributed by atoms with Crippen LogP contribution in [-0.4, -0.2) is 10.2 Å². The van der Waals surface area contributed by atoms with Crippen LogP contribution < -0.4 is 4.90 Å². The largest absolute Gasteiger partial charge is 0.270 e. The summed E-state index contributed by atoms with van der Waals surface area (Å²) in [5, 5.41) is 2.49. The van der Waals surface area contributed by atoms with Crippen LogP contribution in [0, 0.1) is 0 Å². The van der Waals surface area contributed by atoms with Crippen LogP contribution in [0.4, 0.5) is 5.69 Å². The monoisotopic (exact) mass is 337 g/mol. The van der Waals surface area contributed by atoms with Crippen LogP contribution in [0.15, 0.2) is 46.7 Å². The number of thioether (sulfide) groups is 1. The van der Waals surface area contributed by atoms with Crippen molar-refractivity contribution in [3.05, 3.63) is 56.6 Å². The lowest BCUT2D eigenvalue weighted by atomic mass is 10.3. The van der Waals surface area contributed by atoms with E-state index in [1.807, 2.05) is 35.7 Å². The molecule has 0 unspecified atom stereocenters. The van der Waals surface area contributed by atoms with Crippen LogP contribution in [-0.2, 0) is 4.79 Å². The van der Waals surface area contributed by atoms with Crippen molar-refractivity contribution >= 4 is 68.9 Å². The van der Waals surface area contributed by atoms with Crippen molar-refractivity contribution in [2.45, 2.75) is 0 Å². The summed E-state index contributed by atoms with van der Waals surface area (Å²) in [5.74, 6) is -0.124. The Kier molecular flexibility index (Phi) is 3.94. The Morgan fingerprint density at radius 2 is 2.00 bits per heavy atom. The summed E-state index contributed by atoms with van der Waals surface area (Å²) >= 11 is 14.3. The third kappa shape index (κ3) is 2.54. The van der Waals surface area contributed by atoms with Crippen molar-refractivity contribution in [2.24, 2.45) is 0 Å². The molecule has 0 saturated carbocycles. The van der Waals surface area contributed by atoms with Gasteiger partial charge in [0.05, 0.1) is 15.6 Å². The lowest BCUT2D eigenvalue weighted by Gasteiger charge is -2.15. The molecule has 0 aliphatic carbocycles. The molecule has 1 aliphatic heterocycles. The molecule has 1 saturated heterocycles. The van der Waals surface area contributed by atoms with Gasteiger partial charge in [-0.15, -0.1) is 11.3 Å². The van der Waals surface area contributed by atoms with Gasteiger partial charge in [-0.2, -0.15) is 0 Å². The molecule has 0 bridgehead atoms. The molecule has 100 valence electrons. The first-order valence-corrected chi connectivity index (χ1v) is 8.21. The maximum Gasteiger partial charge on any atom is 0.270 e. The number of carbonyl (C=O) groups excluding carboxylic acids is 1. The fraction of sp³-hybridized carbons (Fsp3) is 0. The number of para-hydroxylation sites is 1. The average Bonchev–Trinajstić information content (AvgIpc) is 3.01. The number of hydrogen-bond donors (Lipinski definition) is 0. The van der Waals surface area contributed by atoms with E-state index in [4.69, 9.17) is 23.8 Å². The van der Waals surface area contributed by atoms with E-state index in [2.05, 4.69) is 0 Å². The summed E-state index contributed by atoms with van der Waals surface area (Å²) < 4.78 is 0.505. The number of rotatable bonds is 2. The van der Waals surface area contributed by atoms with E-state index in [0.717, 1.165) is 4.88 Å². The Morgan fingerprint density at radius 1 is 1.20 bits per heavy atom. The summed E-state index contributed by atoms with van der Waals surface area (Å²) in [7, 11) is 0. The molecule has 2 nitrogen and oxygen atoms in total. The summed E-state index contributed by atoms with van der Waals surface area (Å²) in [5.41, 5.74) is 0.631. The van der Waals surface area contributed by atoms with Crippen molar-refractivity contribution in [1.29, 1.82) is 0 Å². The predicted molar refractivity (Wildman–Crippen MR) is 91.4 cm³/mol. The van der Waals surface area contributed by atoms with Gasteiger partial charge in [0.2, 0.25) is 0 Å². The lowest BCUT2D eigenvalue weighted by molar-refractivity contribution is -0.113. The Morgan fingerprint density at radius 3 is 2.70 bits per heavy atom. The van der Waals surface area contributed by atoms with Crippen LogP contribution in [0.1, 0.15) is 4.88 Å². The molecule has 1 aromatic carbocycles. The third-order valence-electron chi connectivity index (χ3n) is 2.70. The third-order valence-corrected chi connectivity index (χ3v) is 5.14. The molecule has 1 fully saturated rings. The zero-order valence-corrected chi connectivity index (χ0v) is 13.3. The number of benzene rings is 1. The van der Waals surface area contributed by atoms with Gasteiger partial charge in [0, 0.05) is 4.88 Å².